The molecule has 0 N–H and O–H groups in total. The lowest BCUT2D eigenvalue weighted by molar-refractivity contribution is -0.142. The van der Waals surface area contributed by atoms with Crippen LogP contribution in [0.25, 0.3) is 0 Å². The van der Waals surface area contributed by atoms with E-state index in [1.807, 2.05) is 43.0 Å². The van der Waals surface area contributed by atoms with Crippen molar-refractivity contribution in [1.29, 1.82) is 0 Å². The van der Waals surface area contributed by atoms with Gasteiger partial charge in [-0.15, -0.1) is 11.6 Å². The molecule has 4 heteroatoms. The van der Waals surface area contributed by atoms with E-state index in [-0.39, 0.29) is 18.1 Å². The molecule has 1 heterocycles. The van der Waals surface area contributed by atoms with Gasteiger partial charge in [0, 0.05) is 6.54 Å². The van der Waals surface area contributed by atoms with Crippen LogP contribution < -0.4 is 0 Å². The topological polar surface area (TPSA) is 29.5 Å². The summed E-state index contributed by atoms with van der Waals surface area (Å²) in [5.74, 6) is 0.584. The molecule has 0 bridgehead atoms. The van der Waals surface area contributed by atoms with Crippen LogP contribution in [-0.4, -0.2) is 42.0 Å². The average Bonchev–Trinajstić information content (AvgIpc) is 2.42. The second-order valence-corrected chi connectivity index (χ2v) is 5.42. The third kappa shape index (κ3) is 3.48. The molecule has 1 aliphatic rings. The molecule has 104 valence electrons. The number of nitrogens with zero attached hydrogens (tertiary/aromatic N) is 1. The Hall–Kier alpha value is -1.06. The normalized spacial score (nSPS) is 23.4. The van der Waals surface area contributed by atoms with Crippen molar-refractivity contribution in [2.45, 2.75) is 32.4 Å². The Morgan fingerprint density at radius 3 is 2.89 bits per heavy atom. The first-order valence-corrected chi connectivity index (χ1v) is 7.16. The zero-order valence-electron chi connectivity index (χ0n) is 11.4. The second kappa shape index (κ2) is 6.40. The summed E-state index contributed by atoms with van der Waals surface area (Å²) in [4.78, 5) is 14.3. The minimum Gasteiger partial charge on any atom is -0.373 e. The van der Waals surface area contributed by atoms with E-state index >= 15 is 0 Å². The lowest BCUT2D eigenvalue weighted by Crippen LogP contribution is -2.52. The van der Waals surface area contributed by atoms with Crippen LogP contribution in [0.4, 0.5) is 0 Å². The van der Waals surface area contributed by atoms with Gasteiger partial charge >= 0.3 is 0 Å². The van der Waals surface area contributed by atoms with Gasteiger partial charge in [-0.05, 0) is 25.0 Å². The maximum absolute atomic E-state index is 12.4. The molecule has 1 fully saturated rings. The minimum absolute atomic E-state index is 0.0429. The summed E-state index contributed by atoms with van der Waals surface area (Å²) in [7, 11) is 0. The number of morpholine rings is 1. The molecule has 1 saturated heterocycles. The van der Waals surface area contributed by atoms with Crippen molar-refractivity contribution >= 4 is 17.5 Å². The lowest BCUT2D eigenvalue weighted by Gasteiger charge is -2.37. The second-order valence-electron chi connectivity index (χ2n) is 5.11. The van der Waals surface area contributed by atoms with E-state index in [0.717, 1.165) is 11.1 Å². The Morgan fingerprint density at radius 1 is 1.47 bits per heavy atom. The summed E-state index contributed by atoms with van der Waals surface area (Å²) in [5, 5.41) is 0. The summed E-state index contributed by atoms with van der Waals surface area (Å²) < 4.78 is 5.57. The number of hydrogen-bond donors (Lipinski definition) is 0. The first kappa shape index (κ1) is 14.4. The highest BCUT2D eigenvalue weighted by Gasteiger charge is 2.29. The fourth-order valence-electron chi connectivity index (χ4n) is 2.33. The predicted octanol–water partition coefficient (Wildman–Crippen LogP) is 2.39. The monoisotopic (exact) mass is 281 g/mol. The van der Waals surface area contributed by atoms with E-state index in [0.29, 0.717) is 25.5 Å². The molecule has 0 spiro atoms. The summed E-state index contributed by atoms with van der Waals surface area (Å²) in [5.41, 5.74) is 2.25. The van der Waals surface area contributed by atoms with Gasteiger partial charge in [-0.25, -0.2) is 0 Å². The van der Waals surface area contributed by atoms with Crippen molar-refractivity contribution in [3.8, 4) is 0 Å². The summed E-state index contributed by atoms with van der Waals surface area (Å²) >= 11 is 5.82. The Balaban J connectivity index is 2.04. The maximum Gasteiger partial charge on any atom is 0.227 e. The van der Waals surface area contributed by atoms with Crippen molar-refractivity contribution < 1.29 is 9.53 Å². The predicted molar refractivity (Wildman–Crippen MR) is 76.5 cm³/mol. The molecule has 3 nitrogen and oxygen atoms in total. The van der Waals surface area contributed by atoms with Crippen molar-refractivity contribution in [3.63, 3.8) is 0 Å². The molecular weight excluding hydrogens is 262 g/mol. The largest absolute Gasteiger partial charge is 0.373 e. The summed E-state index contributed by atoms with van der Waals surface area (Å²) in [6.45, 7) is 5.21. The van der Waals surface area contributed by atoms with Gasteiger partial charge < -0.3 is 9.64 Å². The zero-order valence-corrected chi connectivity index (χ0v) is 12.2. The number of carbonyl (C=O) groups is 1. The molecule has 0 aliphatic carbocycles. The summed E-state index contributed by atoms with van der Waals surface area (Å²) in [6, 6.07) is 8.13. The number of ether oxygens (including phenoxy) is 1. The van der Waals surface area contributed by atoms with Gasteiger partial charge in [-0.2, -0.15) is 0 Å². The molecule has 0 saturated carbocycles. The number of halogens is 1. The highest BCUT2D eigenvalue weighted by molar-refractivity contribution is 6.18. The number of benzene rings is 1. The molecule has 2 atom stereocenters. The standard InChI is InChI=1S/C15H20ClNO2/c1-11-5-3-4-6-13(11)7-15(18)17-9-14(8-16)19-10-12(17)2/h3-6,12,14H,7-10H2,1-2H3. The molecule has 1 amide bonds. The van der Waals surface area contributed by atoms with E-state index in [1.165, 1.54) is 0 Å². The Kier molecular flexibility index (Phi) is 4.83. The molecule has 1 aliphatic heterocycles. The van der Waals surface area contributed by atoms with Gasteiger partial charge in [0.15, 0.2) is 0 Å². The number of carbonyl (C=O) groups excluding carboxylic acids is 1. The van der Waals surface area contributed by atoms with Gasteiger partial charge in [-0.3, -0.25) is 4.79 Å². The molecule has 1 aromatic carbocycles. The number of rotatable bonds is 3. The smallest absolute Gasteiger partial charge is 0.227 e. The number of hydrogen-bond acceptors (Lipinski definition) is 2. The third-order valence-corrected chi connectivity index (χ3v) is 3.95. The van der Waals surface area contributed by atoms with Crippen molar-refractivity contribution in [2.75, 3.05) is 19.0 Å². The molecule has 1 aromatic rings. The third-order valence-electron chi connectivity index (χ3n) is 3.60. The molecule has 2 unspecified atom stereocenters. The summed E-state index contributed by atoms with van der Waals surface area (Å²) in [6.07, 6.45) is 0.408. The SMILES string of the molecule is Cc1ccccc1CC(=O)N1CC(CCl)OCC1C. The van der Waals surface area contributed by atoms with Gasteiger partial charge in [-0.1, -0.05) is 24.3 Å². The first-order chi connectivity index (χ1) is 9.11. The van der Waals surface area contributed by atoms with Crippen LogP contribution in [0.1, 0.15) is 18.1 Å². The van der Waals surface area contributed by atoms with Gasteiger partial charge in [0.05, 0.1) is 31.1 Å². The van der Waals surface area contributed by atoms with Crippen LogP contribution in [0.5, 0.6) is 0 Å². The van der Waals surface area contributed by atoms with Crippen molar-refractivity contribution in [3.05, 3.63) is 35.4 Å². The molecule has 19 heavy (non-hydrogen) atoms. The zero-order chi connectivity index (χ0) is 13.8. The van der Waals surface area contributed by atoms with Crippen LogP contribution in [-0.2, 0) is 16.0 Å². The van der Waals surface area contributed by atoms with Crippen LogP contribution in [0.15, 0.2) is 24.3 Å². The number of alkyl halides is 1. The highest BCUT2D eigenvalue weighted by Crippen LogP contribution is 2.16. The van der Waals surface area contributed by atoms with Crippen LogP contribution in [0.2, 0.25) is 0 Å². The van der Waals surface area contributed by atoms with E-state index in [9.17, 15) is 4.79 Å². The molecular formula is C15H20ClNO2. The molecule has 0 radical (unpaired) electrons. The van der Waals surface area contributed by atoms with Gasteiger partial charge in [0.1, 0.15) is 0 Å². The van der Waals surface area contributed by atoms with E-state index in [2.05, 4.69) is 0 Å². The number of aryl methyl sites for hydroxylation is 1. The van der Waals surface area contributed by atoms with Crippen molar-refractivity contribution in [2.24, 2.45) is 0 Å². The Labute approximate surface area is 119 Å². The highest BCUT2D eigenvalue weighted by atomic mass is 35.5. The van der Waals surface area contributed by atoms with Crippen molar-refractivity contribution in [1.82, 2.24) is 4.90 Å². The van der Waals surface area contributed by atoms with E-state index in [4.69, 9.17) is 16.3 Å². The van der Waals surface area contributed by atoms with E-state index in [1.54, 1.807) is 0 Å². The van der Waals surface area contributed by atoms with E-state index < -0.39 is 0 Å². The fourth-order valence-corrected chi connectivity index (χ4v) is 2.52. The van der Waals surface area contributed by atoms with Crippen LogP contribution in [0.3, 0.4) is 0 Å². The fraction of sp³-hybridized carbons (Fsp3) is 0.533. The molecule has 2 rings (SSSR count). The van der Waals surface area contributed by atoms with Gasteiger partial charge in [0.25, 0.3) is 0 Å². The Morgan fingerprint density at radius 2 is 2.21 bits per heavy atom. The van der Waals surface area contributed by atoms with Crippen LogP contribution >= 0.6 is 11.6 Å². The molecule has 0 aromatic heterocycles. The maximum atomic E-state index is 12.4. The quantitative estimate of drug-likeness (QED) is 0.796. The van der Waals surface area contributed by atoms with Crippen LogP contribution in [0, 0.1) is 6.92 Å². The first-order valence-electron chi connectivity index (χ1n) is 6.63. The minimum atomic E-state index is -0.0429. The average molecular weight is 282 g/mol. The van der Waals surface area contributed by atoms with Gasteiger partial charge in [0.2, 0.25) is 5.91 Å². The lowest BCUT2D eigenvalue weighted by atomic mass is 10.0. The Bertz CT molecular complexity index is 450. The number of amides is 1.